The minimum atomic E-state index is -0.422. The first kappa shape index (κ1) is 18.6. The van der Waals surface area contributed by atoms with Gasteiger partial charge in [-0.2, -0.15) is 0 Å². The summed E-state index contributed by atoms with van der Waals surface area (Å²) in [6, 6.07) is 7.01. The maximum atomic E-state index is 11.2. The highest BCUT2D eigenvalue weighted by molar-refractivity contribution is 5.70. The number of para-hydroxylation sites is 2. The Morgan fingerprint density at radius 3 is 1.83 bits per heavy atom. The molecule has 4 heteroatoms. The number of carbonyl (C=O) groups excluding carboxylic acids is 1. The van der Waals surface area contributed by atoms with Crippen LogP contribution in [-0.2, 0) is 0 Å². The summed E-state index contributed by atoms with van der Waals surface area (Å²) in [6.07, 6.45) is -0.422. The van der Waals surface area contributed by atoms with Gasteiger partial charge in [-0.25, -0.2) is 4.79 Å². The highest BCUT2D eigenvalue weighted by Gasteiger charge is 2.09. The number of hydrogen-bond donors (Lipinski definition) is 0. The van der Waals surface area contributed by atoms with Gasteiger partial charge >= 0.3 is 6.09 Å². The van der Waals surface area contributed by atoms with Crippen molar-refractivity contribution in [3.63, 3.8) is 0 Å². The molecule has 4 nitrogen and oxygen atoms in total. The van der Waals surface area contributed by atoms with Gasteiger partial charge in [0.1, 0.15) is 0 Å². The quantitative estimate of drug-likeness (QED) is 0.806. The van der Waals surface area contributed by atoms with E-state index < -0.39 is 6.09 Å². The molecule has 0 N–H and O–H groups in total. The van der Waals surface area contributed by atoms with Gasteiger partial charge in [-0.05, 0) is 12.1 Å². The summed E-state index contributed by atoms with van der Waals surface area (Å²) in [5.74, 6) is 0.969. The molecule has 1 rings (SSSR count). The standard InChI is InChI=1S/C10H13NO3.2C2H6/c1-11(2)10(12)14-9-7-5-4-6-8(9)13-3;2*1-2/h4-7H,1-3H3;2*1-2H3. The summed E-state index contributed by atoms with van der Waals surface area (Å²) in [5.41, 5.74) is 0. The molecule has 1 amide bonds. The molecule has 0 atom stereocenters. The Morgan fingerprint density at radius 2 is 1.44 bits per heavy atom. The second-order valence-corrected chi connectivity index (χ2v) is 2.91. The monoisotopic (exact) mass is 255 g/mol. The van der Waals surface area contributed by atoms with Gasteiger partial charge in [-0.1, -0.05) is 39.8 Å². The predicted molar refractivity (Wildman–Crippen MR) is 75.4 cm³/mol. The lowest BCUT2D eigenvalue weighted by Crippen LogP contribution is -2.25. The Bertz CT molecular complexity index is 325. The Balaban J connectivity index is 0. The van der Waals surface area contributed by atoms with Crippen molar-refractivity contribution in [2.24, 2.45) is 0 Å². The van der Waals surface area contributed by atoms with Gasteiger partial charge in [0.05, 0.1) is 7.11 Å². The normalized spacial score (nSPS) is 7.94. The van der Waals surface area contributed by atoms with Crippen molar-refractivity contribution >= 4 is 6.09 Å². The van der Waals surface area contributed by atoms with Crippen molar-refractivity contribution in [3.05, 3.63) is 24.3 Å². The average molecular weight is 255 g/mol. The Kier molecular flexibility index (Phi) is 12.2. The van der Waals surface area contributed by atoms with Crippen LogP contribution in [-0.4, -0.2) is 32.2 Å². The number of ether oxygens (including phenoxy) is 2. The number of nitrogens with zero attached hydrogens (tertiary/aromatic N) is 1. The van der Waals surface area contributed by atoms with Crippen LogP contribution in [0.5, 0.6) is 11.5 Å². The van der Waals surface area contributed by atoms with E-state index in [0.29, 0.717) is 11.5 Å². The summed E-state index contributed by atoms with van der Waals surface area (Å²) < 4.78 is 10.1. The third-order valence-corrected chi connectivity index (χ3v) is 1.63. The molecule has 0 spiro atoms. The smallest absolute Gasteiger partial charge is 0.414 e. The van der Waals surface area contributed by atoms with E-state index in [4.69, 9.17) is 9.47 Å². The molecule has 104 valence electrons. The maximum absolute atomic E-state index is 11.2. The molecule has 18 heavy (non-hydrogen) atoms. The van der Waals surface area contributed by atoms with Crippen LogP contribution in [0.1, 0.15) is 27.7 Å². The second-order valence-electron chi connectivity index (χ2n) is 2.91. The molecule has 0 unspecified atom stereocenters. The third-order valence-electron chi connectivity index (χ3n) is 1.63. The van der Waals surface area contributed by atoms with Crippen LogP contribution in [0.4, 0.5) is 4.79 Å². The van der Waals surface area contributed by atoms with E-state index in [1.54, 1.807) is 32.3 Å². The fourth-order valence-electron chi connectivity index (χ4n) is 0.888. The zero-order valence-corrected chi connectivity index (χ0v) is 12.5. The topological polar surface area (TPSA) is 38.8 Å². The van der Waals surface area contributed by atoms with Gasteiger partial charge in [-0.3, -0.25) is 0 Å². The number of amides is 1. The summed E-state index contributed by atoms with van der Waals surface area (Å²) in [4.78, 5) is 12.6. The molecule has 0 aromatic heterocycles. The third kappa shape index (κ3) is 6.78. The van der Waals surface area contributed by atoms with Crippen LogP contribution in [0.3, 0.4) is 0 Å². The minimum absolute atomic E-state index is 0.422. The lowest BCUT2D eigenvalue weighted by Gasteiger charge is -2.12. The minimum Gasteiger partial charge on any atom is -0.493 e. The fourth-order valence-corrected chi connectivity index (χ4v) is 0.888. The Hall–Kier alpha value is -1.71. The van der Waals surface area contributed by atoms with Gasteiger partial charge in [0.15, 0.2) is 11.5 Å². The van der Waals surface area contributed by atoms with Crippen molar-refractivity contribution in [2.45, 2.75) is 27.7 Å². The molecule has 0 bridgehead atoms. The molecule has 0 aliphatic carbocycles. The summed E-state index contributed by atoms with van der Waals surface area (Å²) >= 11 is 0. The average Bonchev–Trinajstić information content (AvgIpc) is 2.43. The molecule has 1 aromatic rings. The van der Waals surface area contributed by atoms with E-state index in [1.807, 2.05) is 33.8 Å². The molecule has 0 heterocycles. The van der Waals surface area contributed by atoms with E-state index in [1.165, 1.54) is 12.0 Å². The molecular weight excluding hydrogens is 230 g/mol. The first-order valence-corrected chi connectivity index (χ1v) is 6.17. The van der Waals surface area contributed by atoms with Crippen LogP contribution in [0.2, 0.25) is 0 Å². The molecule has 1 aromatic carbocycles. The number of carbonyl (C=O) groups is 1. The molecule has 0 aliphatic heterocycles. The molecule has 0 fully saturated rings. The van der Waals surface area contributed by atoms with Gasteiger partial charge in [0.25, 0.3) is 0 Å². The predicted octanol–water partition coefficient (Wildman–Crippen LogP) is 3.81. The number of rotatable bonds is 2. The fraction of sp³-hybridized carbons (Fsp3) is 0.500. The lowest BCUT2D eigenvalue weighted by atomic mass is 10.3. The molecule has 0 saturated carbocycles. The number of benzene rings is 1. The first-order chi connectivity index (χ1) is 8.65. The van der Waals surface area contributed by atoms with Crippen LogP contribution < -0.4 is 9.47 Å². The van der Waals surface area contributed by atoms with Crippen LogP contribution in [0, 0.1) is 0 Å². The van der Waals surface area contributed by atoms with Crippen molar-refractivity contribution in [1.29, 1.82) is 0 Å². The largest absolute Gasteiger partial charge is 0.493 e. The first-order valence-electron chi connectivity index (χ1n) is 6.17. The second kappa shape index (κ2) is 11.8. The van der Waals surface area contributed by atoms with Gasteiger partial charge < -0.3 is 14.4 Å². The summed E-state index contributed by atoms with van der Waals surface area (Å²) in [5, 5.41) is 0. The maximum Gasteiger partial charge on any atom is 0.414 e. The van der Waals surface area contributed by atoms with E-state index in [-0.39, 0.29) is 0 Å². The number of methoxy groups -OCH3 is 1. The summed E-state index contributed by atoms with van der Waals surface area (Å²) in [7, 11) is 4.78. The van der Waals surface area contributed by atoms with E-state index in [0.717, 1.165) is 0 Å². The SMILES string of the molecule is CC.CC.COc1ccccc1OC(=O)N(C)C. The molecule has 0 saturated heterocycles. The van der Waals surface area contributed by atoms with Gasteiger partial charge in [-0.15, -0.1) is 0 Å². The van der Waals surface area contributed by atoms with Crippen LogP contribution in [0.15, 0.2) is 24.3 Å². The van der Waals surface area contributed by atoms with E-state index in [9.17, 15) is 4.79 Å². The molecule has 0 aliphatic rings. The Labute approximate surface area is 111 Å². The van der Waals surface area contributed by atoms with Crippen molar-refractivity contribution in [2.75, 3.05) is 21.2 Å². The summed E-state index contributed by atoms with van der Waals surface area (Å²) in [6.45, 7) is 8.00. The lowest BCUT2D eigenvalue weighted by molar-refractivity contribution is 0.170. The number of hydrogen-bond acceptors (Lipinski definition) is 3. The van der Waals surface area contributed by atoms with E-state index in [2.05, 4.69) is 0 Å². The van der Waals surface area contributed by atoms with Crippen molar-refractivity contribution < 1.29 is 14.3 Å². The Morgan fingerprint density at radius 1 is 1.00 bits per heavy atom. The van der Waals surface area contributed by atoms with Crippen molar-refractivity contribution in [1.82, 2.24) is 4.90 Å². The molecular formula is C14H25NO3. The van der Waals surface area contributed by atoms with Crippen LogP contribution >= 0.6 is 0 Å². The van der Waals surface area contributed by atoms with Crippen LogP contribution in [0.25, 0.3) is 0 Å². The van der Waals surface area contributed by atoms with Gasteiger partial charge in [0, 0.05) is 14.1 Å². The molecule has 0 radical (unpaired) electrons. The van der Waals surface area contributed by atoms with E-state index >= 15 is 0 Å². The highest BCUT2D eigenvalue weighted by atomic mass is 16.6. The zero-order chi connectivity index (χ0) is 14.6. The van der Waals surface area contributed by atoms with Crippen molar-refractivity contribution in [3.8, 4) is 11.5 Å². The zero-order valence-electron chi connectivity index (χ0n) is 12.5. The highest BCUT2D eigenvalue weighted by Crippen LogP contribution is 2.25. The van der Waals surface area contributed by atoms with Gasteiger partial charge in [0.2, 0.25) is 0 Å².